The summed E-state index contributed by atoms with van der Waals surface area (Å²) in [5.74, 6) is 1.39. The number of halogens is 1. The molecule has 2 N–H and O–H groups in total. The monoisotopic (exact) mass is 356 g/mol. The molecule has 0 aliphatic rings. The highest BCUT2D eigenvalue weighted by atomic mass is 79.9. The smallest absolute Gasteiger partial charge is 0.175 e. The zero-order valence-corrected chi connectivity index (χ0v) is 13.9. The number of hydrogen-bond acceptors (Lipinski definition) is 5. The van der Waals surface area contributed by atoms with Crippen molar-refractivity contribution in [2.75, 3.05) is 6.61 Å². The zero-order chi connectivity index (χ0) is 14.5. The number of aryl methyl sites for hydroxylation is 1. The molecule has 0 saturated heterocycles. The van der Waals surface area contributed by atoms with Crippen molar-refractivity contribution in [3.63, 3.8) is 0 Å². The molecule has 0 amide bonds. The summed E-state index contributed by atoms with van der Waals surface area (Å²) in [7, 11) is 0. The summed E-state index contributed by atoms with van der Waals surface area (Å²) in [5.41, 5.74) is 7.59. The fraction of sp³-hybridized carbons (Fsp3) is 0.357. The zero-order valence-electron chi connectivity index (χ0n) is 11.5. The first-order valence-electron chi connectivity index (χ1n) is 6.33. The molecule has 0 spiro atoms. The number of hydrogen-bond donors (Lipinski definition) is 1. The van der Waals surface area contributed by atoms with Crippen molar-refractivity contribution in [3.8, 4) is 11.5 Å². The maximum absolute atomic E-state index is 5.85. The molecule has 0 saturated carbocycles. The first-order valence-corrected chi connectivity index (χ1v) is 8.00. The molecule has 1 heterocycles. The molecule has 2 rings (SSSR count). The van der Waals surface area contributed by atoms with Crippen molar-refractivity contribution in [2.45, 2.75) is 27.0 Å². The molecular formula is C14H17BrN2O2S. The van der Waals surface area contributed by atoms with E-state index in [0.717, 1.165) is 20.7 Å². The van der Waals surface area contributed by atoms with Gasteiger partial charge in [0.15, 0.2) is 11.5 Å². The van der Waals surface area contributed by atoms with Gasteiger partial charge >= 0.3 is 0 Å². The van der Waals surface area contributed by atoms with E-state index in [1.165, 1.54) is 0 Å². The van der Waals surface area contributed by atoms with Gasteiger partial charge in [0.25, 0.3) is 0 Å². The van der Waals surface area contributed by atoms with E-state index < -0.39 is 0 Å². The Hall–Kier alpha value is -1.11. The fourth-order valence-corrected chi connectivity index (χ4v) is 2.96. The Morgan fingerprint density at radius 3 is 2.75 bits per heavy atom. The van der Waals surface area contributed by atoms with E-state index in [9.17, 15) is 0 Å². The van der Waals surface area contributed by atoms with Crippen LogP contribution in [-0.2, 0) is 13.2 Å². The molecule has 4 nitrogen and oxygen atoms in total. The van der Waals surface area contributed by atoms with Crippen LogP contribution in [-0.4, -0.2) is 11.6 Å². The van der Waals surface area contributed by atoms with Crippen LogP contribution >= 0.6 is 27.3 Å². The number of nitrogens with zero attached hydrogens (tertiary/aromatic N) is 1. The molecule has 0 bridgehead atoms. The van der Waals surface area contributed by atoms with Crippen molar-refractivity contribution in [1.82, 2.24) is 4.98 Å². The van der Waals surface area contributed by atoms with Crippen LogP contribution in [0.25, 0.3) is 0 Å². The third-order valence-electron chi connectivity index (χ3n) is 2.64. The first kappa shape index (κ1) is 15.3. The average Bonchev–Trinajstić information content (AvgIpc) is 2.83. The van der Waals surface area contributed by atoms with E-state index in [2.05, 4.69) is 20.9 Å². The topological polar surface area (TPSA) is 57.4 Å². The fourth-order valence-electron chi connectivity index (χ4n) is 1.76. The SMILES string of the molecule is CCOc1cc(CN)cc(Br)c1OCc1csc(C)n1. The van der Waals surface area contributed by atoms with E-state index in [1.807, 2.05) is 31.4 Å². The molecule has 0 aliphatic heterocycles. The highest BCUT2D eigenvalue weighted by Gasteiger charge is 2.12. The summed E-state index contributed by atoms with van der Waals surface area (Å²) in [6.07, 6.45) is 0. The van der Waals surface area contributed by atoms with Crippen molar-refractivity contribution in [3.05, 3.63) is 38.3 Å². The van der Waals surface area contributed by atoms with E-state index >= 15 is 0 Å². The Labute approximate surface area is 131 Å². The molecule has 2 aromatic rings. The van der Waals surface area contributed by atoms with Crippen LogP contribution < -0.4 is 15.2 Å². The summed E-state index contributed by atoms with van der Waals surface area (Å²) < 4.78 is 12.3. The second-order valence-electron chi connectivity index (χ2n) is 4.19. The molecule has 0 unspecified atom stereocenters. The molecule has 1 aromatic carbocycles. The lowest BCUT2D eigenvalue weighted by Gasteiger charge is -2.14. The second kappa shape index (κ2) is 7.06. The van der Waals surface area contributed by atoms with Gasteiger partial charge in [-0.3, -0.25) is 0 Å². The summed E-state index contributed by atoms with van der Waals surface area (Å²) in [5, 5.41) is 3.03. The van der Waals surface area contributed by atoms with Crippen LogP contribution in [0.2, 0.25) is 0 Å². The van der Waals surface area contributed by atoms with E-state index in [1.54, 1.807) is 11.3 Å². The van der Waals surface area contributed by atoms with Crippen molar-refractivity contribution in [1.29, 1.82) is 0 Å². The molecular weight excluding hydrogens is 340 g/mol. The number of benzene rings is 1. The average molecular weight is 357 g/mol. The molecule has 0 aliphatic carbocycles. The van der Waals surface area contributed by atoms with Crippen molar-refractivity contribution < 1.29 is 9.47 Å². The van der Waals surface area contributed by atoms with Gasteiger partial charge in [0.1, 0.15) is 6.61 Å². The van der Waals surface area contributed by atoms with Crippen LogP contribution in [0.3, 0.4) is 0 Å². The Morgan fingerprint density at radius 2 is 2.15 bits per heavy atom. The quantitative estimate of drug-likeness (QED) is 0.857. The summed E-state index contributed by atoms with van der Waals surface area (Å²) >= 11 is 5.12. The number of nitrogens with two attached hydrogens (primary N) is 1. The Kier molecular flexibility index (Phi) is 5.39. The van der Waals surface area contributed by atoms with Gasteiger partial charge in [-0.1, -0.05) is 0 Å². The van der Waals surface area contributed by atoms with Crippen LogP contribution in [0.4, 0.5) is 0 Å². The Morgan fingerprint density at radius 1 is 1.35 bits per heavy atom. The second-order valence-corrected chi connectivity index (χ2v) is 6.11. The maximum Gasteiger partial charge on any atom is 0.175 e. The van der Waals surface area contributed by atoms with Crippen molar-refractivity contribution in [2.24, 2.45) is 5.73 Å². The number of ether oxygens (including phenoxy) is 2. The summed E-state index contributed by atoms with van der Waals surface area (Å²) in [6, 6.07) is 3.86. The highest BCUT2D eigenvalue weighted by Crippen LogP contribution is 2.37. The minimum Gasteiger partial charge on any atom is -0.490 e. The van der Waals surface area contributed by atoms with E-state index in [0.29, 0.717) is 31.3 Å². The Balaban J connectivity index is 2.20. The van der Waals surface area contributed by atoms with Crippen molar-refractivity contribution >= 4 is 27.3 Å². The highest BCUT2D eigenvalue weighted by molar-refractivity contribution is 9.10. The van der Waals surface area contributed by atoms with Gasteiger partial charge < -0.3 is 15.2 Å². The first-order chi connectivity index (χ1) is 9.63. The van der Waals surface area contributed by atoms with E-state index in [4.69, 9.17) is 15.2 Å². The molecule has 0 atom stereocenters. The number of thiazole rings is 1. The van der Waals surface area contributed by atoms with Crippen LogP contribution in [0.5, 0.6) is 11.5 Å². The van der Waals surface area contributed by atoms with Crippen LogP contribution in [0.1, 0.15) is 23.2 Å². The van der Waals surface area contributed by atoms with Gasteiger partial charge in [-0.25, -0.2) is 4.98 Å². The minimum absolute atomic E-state index is 0.422. The van der Waals surface area contributed by atoms with Gasteiger partial charge in [-0.05, 0) is 47.5 Å². The standard InChI is InChI=1S/C14H17BrN2O2S/c1-3-18-13-5-10(6-16)4-12(15)14(13)19-7-11-8-20-9(2)17-11/h4-5,8H,3,6-7,16H2,1-2H3. The third-order valence-corrected chi connectivity index (χ3v) is 4.05. The number of aromatic nitrogens is 1. The lowest BCUT2D eigenvalue weighted by molar-refractivity contribution is 0.265. The number of rotatable bonds is 6. The van der Waals surface area contributed by atoms with Gasteiger partial charge in [0.2, 0.25) is 0 Å². The van der Waals surface area contributed by atoms with Gasteiger partial charge in [-0.15, -0.1) is 11.3 Å². The Bertz CT molecular complexity index is 587. The molecule has 20 heavy (non-hydrogen) atoms. The van der Waals surface area contributed by atoms with Gasteiger partial charge in [-0.2, -0.15) is 0 Å². The van der Waals surface area contributed by atoms with Gasteiger partial charge in [0.05, 0.1) is 21.8 Å². The van der Waals surface area contributed by atoms with Gasteiger partial charge in [0, 0.05) is 11.9 Å². The predicted octanol–water partition coefficient (Wildman–Crippen LogP) is 3.65. The van der Waals surface area contributed by atoms with E-state index in [-0.39, 0.29) is 0 Å². The van der Waals surface area contributed by atoms with Crippen LogP contribution in [0, 0.1) is 6.92 Å². The predicted molar refractivity (Wildman–Crippen MR) is 84.4 cm³/mol. The largest absolute Gasteiger partial charge is 0.490 e. The lowest BCUT2D eigenvalue weighted by Crippen LogP contribution is -2.03. The summed E-state index contributed by atoms with van der Waals surface area (Å²) in [6.45, 7) is 5.38. The third kappa shape index (κ3) is 3.71. The molecule has 6 heteroatoms. The molecule has 108 valence electrons. The normalized spacial score (nSPS) is 10.6. The molecule has 0 radical (unpaired) electrons. The molecule has 0 fully saturated rings. The lowest BCUT2D eigenvalue weighted by atomic mass is 10.2. The van der Waals surface area contributed by atoms with Crippen LogP contribution in [0.15, 0.2) is 22.0 Å². The molecule has 1 aromatic heterocycles. The minimum atomic E-state index is 0.422. The summed E-state index contributed by atoms with van der Waals surface area (Å²) in [4.78, 5) is 4.38. The maximum atomic E-state index is 5.85.